The number of carbonyl (C=O) groups is 1. The minimum Gasteiger partial charge on any atom is -0.352 e. The van der Waals surface area contributed by atoms with Gasteiger partial charge in [-0.25, -0.2) is 0 Å². The van der Waals surface area contributed by atoms with E-state index in [0.717, 1.165) is 12.8 Å². The SMILES string of the molecule is C#CCCNCC(=O)NC1CCCC1. The number of hydrogen-bond acceptors (Lipinski definition) is 2. The summed E-state index contributed by atoms with van der Waals surface area (Å²) in [5, 5.41) is 6.01. The van der Waals surface area contributed by atoms with Gasteiger partial charge in [0.05, 0.1) is 6.54 Å². The Balaban J connectivity index is 2.01. The van der Waals surface area contributed by atoms with E-state index in [0.29, 0.717) is 25.6 Å². The Kier molecular flexibility index (Phi) is 5.09. The lowest BCUT2D eigenvalue weighted by Crippen LogP contribution is -2.39. The lowest BCUT2D eigenvalue weighted by molar-refractivity contribution is -0.120. The summed E-state index contributed by atoms with van der Waals surface area (Å²) in [7, 11) is 0. The molecule has 0 aliphatic heterocycles. The minimum atomic E-state index is 0.0916. The van der Waals surface area contributed by atoms with Crippen LogP contribution in [0.15, 0.2) is 0 Å². The smallest absolute Gasteiger partial charge is 0.234 e. The number of rotatable bonds is 5. The van der Waals surface area contributed by atoms with Gasteiger partial charge in [0.2, 0.25) is 5.91 Å². The summed E-state index contributed by atoms with van der Waals surface area (Å²) in [6, 6.07) is 0.414. The van der Waals surface area contributed by atoms with Gasteiger partial charge < -0.3 is 10.6 Å². The molecule has 0 spiro atoms. The molecule has 1 aliphatic rings. The van der Waals surface area contributed by atoms with Crippen LogP contribution in [0, 0.1) is 12.3 Å². The Morgan fingerprint density at radius 3 is 2.79 bits per heavy atom. The fourth-order valence-corrected chi connectivity index (χ4v) is 1.71. The van der Waals surface area contributed by atoms with Crippen LogP contribution in [-0.2, 0) is 4.79 Å². The van der Waals surface area contributed by atoms with Gasteiger partial charge in [-0.2, -0.15) is 0 Å². The first kappa shape index (κ1) is 11.1. The number of hydrogen-bond donors (Lipinski definition) is 2. The first-order chi connectivity index (χ1) is 6.83. The average molecular weight is 194 g/mol. The molecule has 1 amide bonds. The molecule has 0 radical (unpaired) electrons. The molecule has 1 aliphatic carbocycles. The van der Waals surface area contributed by atoms with Crippen molar-refractivity contribution in [3.8, 4) is 12.3 Å². The number of amides is 1. The highest BCUT2D eigenvalue weighted by Gasteiger charge is 2.16. The highest BCUT2D eigenvalue weighted by molar-refractivity contribution is 5.78. The summed E-state index contributed by atoms with van der Waals surface area (Å²) in [6.45, 7) is 1.10. The van der Waals surface area contributed by atoms with Crippen LogP contribution in [-0.4, -0.2) is 25.0 Å². The Bertz CT molecular complexity index is 214. The van der Waals surface area contributed by atoms with Gasteiger partial charge in [-0.15, -0.1) is 12.3 Å². The first-order valence-electron chi connectivity index (χ1n) is 5.26. The van der Waals surface area contributed by atoms with Crippen LogP contribution in [0.5, 0.6) is 0 Å². The zero-order chi connectivity index (χ0) is 10.2. The van der Waals surface area contributed by atoms with Crippen molar-refractivity contribution in [2.75, 3.05) is 13.1 Å². The number of terminal acetylenes is 1. The summed E-state index contributed by atoms with van der Waals surface area (Å²) < 4.78 is 0. The van der Waals surface area contributed by atoms with Gasteiger partial charge in [0.1, 0.15) is 0 Å². The average Bonchev–Trinajstić information content (AvgIpc) is 2.65. The molecular weight excluding hydrogens is 176 g/mol. The van der Waals surface area contributed by atoms with Crippen LogP contribution < -0.4 is 10.6 Å². The third kappa shape index (κ3) is 4.29. The third-order valence-corrected chi connectivity index (χ3v) is 2.45. The van der Waals surface area contributed by atoms with Crippen molar-refractivity contribution < 1.29 is 4.79 Å². The quantitative estimate of drug-likeness (QED) is 0.498. The second kappa shape index (κ2) is 6.44. The van der Waals surface area contributed by atoms with Crippen LogP contribution in [0.1, 0.15) is 32.1 Å². The van der Waals surface area contributed by atoms with Gasteiger partial charge in [0.25, 0.3) is 0 Å². The van der Waals surface area contributed by atoms with Gasteiger partial charge in [-0.1, -0.05) is 12.8 Å². The van der Waals surface area contributed by atoms with Gasteiger partial charge in [0, 0.05) is 19.0 Å². The van der Waals surface area contributed by atoms with E-state index < -0.39 is 0 Å². The fourth-order valence-electron chi connectivity index (χ4n) is 1.71. The Labute approximate surface area is 85.6 Å². The van der Waals surface area contributed by atoms with Crippen LogP contribution in [0.25, 0.3) is 0 Å². The molecular formula is C11H18N2O. The van der Waals surface area contributed by atoms with Crippen molar-refractivity contribution in [1.82, 2.24) is 10.6 Å². The topological polar surface area (TPSA) is 41.1 Å². The van der Waals surface area contributed by atoms with Crippen molar-refractivity contribution in [2.45, 2.75) is 38.1 Å². The Hall–Kier alpha value is -1.01. The predicted octanol–water partition coefficient (Wildman–Crippen LogP) is 0.658. The lowest BCUT2D eigenvalue weighted by Gasteiger charge is -2.11. The molecule has 2 N–H and O–H groups in total. The maximum absolute atomic E-state index is 11.3. The van der Waals surface area contributed by atoms with Crippen LogP contribution in [0.4, 0.5) is 0 Å². The third-order valence-electron chi connectivity index (χ3n) is 2.45. The van der Waals surface area contributed by atoms with Gasteiger partial charge >= 0.3 is 0 Å². The van der Waals surface area contributed by atoms with E-state index in [1.54, 1.807) is 0 Å². The molecule has 0 heterocycles. The molecule has 0 saturated heterocycles. The summed E-state index contributed by atoms with van der Waals surface area (Å²) in [6.07, 6.45) is 10.5. The van der Waals surface area contributed by atoms with E-state index in [2.05, 4.69) is 16.6 Å². The molecule has 0 aromatic rings. The zero-order valence-electron chi connectivity index (χ0n) is 8.51. The highest BCUT2D eigenvalue weighted by Crippen LogP contribution is 2.17. The standard InChI is InChI=1S/C11H18N2O/c1-2-3-8-12-9-11(14)13-10-6-4-5-7-10/h1,10,12H,3-9H2,(H,13,14). The van der Waals surface area contributed by atoms with Gasteiger partial charge in [-0.05, 0) is 12.8 Å². The van der Waals surface area contributed by atoms with Crippen molar-refractivity contribution >= 4 is 5.91 Å². The lowest BCUT2D eigenvalue weighted by atomic mass is 10.2. The van der Waals surface area contributed by atoms with Gasteiger partial charge in [0.15, 0.2) is 0 Å². The minimum absolute atomic E-state index is 0.0916. The molecule has 78 valence electrons. The molecule has 0 aromatic heterocycles. The summed E-state index contributed by atoms with van der Waals surface area (Å²) in [5.74, 6) is 2.61. The molecule has 1 saturated carbocycles. The van der Waals surface area contributed by atoms with E-state index in [9.17, 15) is 4.79 Å². The predicted molar refractivity (Wildman–Crippen MR) is 56.7 cm³/mol. The van der Waals surface area contributed by atoms with E-state index in [4.69, 9.17) is 6.42 Å². The zero-order valence-corrected chi connectivity index (χ0v) is 8.51. The number of nitrogens with one attached hydrogen (secondary N) is 2. The molecule has 0 bridgehead atoms. The largest absolute Gasteiger partial charge is 0.352 e. The number of carbonyl (C=O) groups excluding carboxylic acids is 1. The van der Waals surface area contributed by atoms with E-state index in [-0.39, 0.29) is 5.91 Å². The first-order valence-corrected chi connectivity index (χ1v) is 5.26. The van der Waals surface area contributed by atoms with E-state index >= 15 is 0 Å². The normalized spacial score (nSPS) is 16.5. The van der Waals surface area contributed by atoms with E-state index in [1.165, 1.54) is 12.8 Å². The molecule has 1 fully saturated rings. The monoisotopic (exact) mass is 194 g/mol. The molecule has 1 rings (SSSR count). The Morgan fingerprint density at radius 2 is 2.14 bits per heavy atom. The molecule has 0 unspecified atom stereocenters. The van der Waals surface area contributed by atoms with Crippen LogP contribution >= 0.6 is 0 Å². The summed E-state index contributed by atoms with van der Waals surface area (Å²) >= 11 is 0. The van der Waals surface area contributed by atoms with Crippen LogP contribution in [0.2, 0.25) is 0 Å². The van der Waals surface area contributed by atoms with Crippen molar-refractivity contribution in [3.63, 3.8) is 0 Å². The maximum Gasteiger partial charge on any atom is 0.234 e. The molecule has 3 heteroatoms. The fraction of sp³-hybridized carbons (Fsp3) is 0.727. The molecule has 0 aromatic carbocycles. The summed E-state index contributed by atoms with van der Waals surface area (Å²) in [4.78, 5) is 11.3. The molecule has 3 nitrogen and oxygen atoms in total. The van der Waals surface area contributed by atoms with Crippen molar-refractivity contribution in [3.05, 3.63) is 0 Å². The van der Waals surface area contributed by atoms with Crippen molar-refractivity contribution in [1.29, 1.82) is 0 Å². The van der Waals surface area contributed by atoms with E-state index in [1.807, 2.05) is 0 Å². The van der Waals surface area contributed by atoms with Crippen LogP contribution in [0.3, 0.4) is 0 Å². The molecule has 0 atom stereocenters. The Morgan fingerprint density at radius 1 is 1.43 bits per heavy atom. The molecule has 14 heavy (non-hydrogen) atoms. The second-order valence-electron chi connectivity index (χ2n) is 3.68. The maximum atomic E-state index is 11.3. The van der Waals surface area contributed by atoms with Gasteiger partial charge in [-0.3, -0.25) is 4.79 Å². The summed E-state index contributed by atoms with van der Waals surface area (Å²) in [5.41, 5.74) is 0. The highest BCUT2D eigenvalue weighted by atomic mass is 16.1. The second-order valence-corrected chi connectivity index (χ2v) is 3.68. The van der Waals surface area contributed by atoms with Crippen molar-refractivity contribution in [2.24, 2.45) is 0 Å².